The van der Waals surface area contributed by atoms with Crippen LogP contribution in [0.15, 0.2) is 53.4 Å². The lowest BCUT2D eigenvalue weighted by atomic mass is 9.92. The van der Waals surface area contributed by atoms with Gasteiger partial charge in [0.2, 0.25) is 0 Å². The van der Waals surface area contributed by atoms with E-state index in [0.717, 1.165) is 44.1 Å². The molecule has 0 spiro atoms. The molecule has 32 heavy (non-hydrogen) atoms. The van der Waals surface area contributed by atoms with Crippen LogP contribution in [-0.4, -0.2) is 34.0 Å². The van der Waals surface area contributed by atoms with Gasteiger partial charge in [0, 0.05) is 35.0 Å². The molecule has 3 aliphatic rings. The van der Waals surface area contributed by atoms with Crippen LogP contribution in [0.4, 0.5) is 4.39 Å². The van der Waals surface area contributed by atoms with Gasteiger partial charge < -0.3 is 10.2 Å². The number of carbonyl (C=O) groups excluding carboxylic acids is 2. The van der Waals surface area contributed by atoms with E-state index in [1.807, 2.05) is 41.3 Å². The molecule has 1 N–H and O–H groups in total. The van der Waals surface area contributed by atoms with E-state index in [0.29, 0.717) is 33.9 Å². The maximum Gasteiger partial charge on any atom is 0.260 e. The van der Waals surface area contributed by atoms with Gasteiger partial charge in [0.05, 0.1) is 4.91 Å². The third-order valence-corrected chi connectivity index (χ3v) is 7.90. The molecule has 0 radical (unpaired) electrons. The highest BCUT2D eigenvalue weighted by Crippen LogP contribution is 2.42. The number of rotatable bonds is 5. The molecule has 2 saturated carbocycles. The molecule has 2 aromatic carbocycles. The first-order valence-corrected chi connectivity index (χ1v) is 12.3. The Hall–Kier alpha value is -2.60. The topological polar surface area (TPSA) is 49.4 Å². The second-order valence-corrected chi connectivity index (χ2v) is 10.2. The van der Waals surface area contributed by atoms with E-state index >= 15 is 0 Å². The van der Waals surface area contributed by atoms with Crippen molar-refractivity contribution in [3.63, 3.8) is 0 Å². The number of halogens is 1. The van der Waals surface area contributed by atoms with Crippen molar-refractivity contribution in [1.29, 1.82) is 0 Å². The van der Waals surface area contributed by atoms with Crippen molar-refractivity contribution in [2.75, 3.05) is 0 Å². The van der Waals surface area contributed by atoms with Gasteiger partial charge in [-0.25, -0.2) is 4.39 Å². The number of hydrogen-bond donors (Lipinski definition) is 1. The van der Waals surface area contributed by atoms with E-state index in [1.165, 1.54) is 6.07 Å². The summed E-state index contributed by atoms with van der Waals surface area (Å²) in [6.45, 7) is 0.296. The van der Waals surface area contributed by atoms with Crippen molar-refractivity contribution in [3.05, 3.63) is 75.9 Å². The first-order chi connectivity index (χ1) is 15.6. The smallest absolute Gasteiger partial charge is 0.260 e. The Morgan fingerprint density at radius 1 is 1.06 bits per heavy atom. The second kappa shape index (κ2) is 9.10. The van der Waals surface area contributed by atoms with Gasteiger partial charge in [0.15, 0.2) is 0 Å². The van der Waals surface area contributed by atoms with Crippen LogP contribution in [0.2, 0.25) is 0 Å². The minimum absolute atomic E-state index is 0.0306. The zero-order valence-corrected chi connectivity index (χ0v) is 18.7. The molecule has 0 bridgehead atoms. The number of hydrogen-bond acceptors (Lipinski definition) is 3. The molecule has 6 heteroatoms. The largest absolute Gasteiger partial charge is 0.349 e. The molecule has 166 valence electrons. The molecule has 2 aromatic rings. The van der Waals surface area contributed by atoms with Crippen LogP contribution in [0, 0.1) is 5.82 Å². The van der Waals surface area contributed by atoms with Crippen molar-refractivity contribution < 1.29 is 14.0 Å². The monoisotopic (exact) mass is 450 g/mol. The van der Waals surface area contributed by atoms with Gasteiger partial charge in [0.25, 0.3) is 11.8 Å². The minimum Gasteiger partial charge on any atom is -0.349 e. The fourth-order valence-electron chi connectivity index (χ4n) is 4.55. The van der Waals surface area contributed by atoms with Gasteiger partial charge in [-0.2, -0.15) is 0 Å². The van der Waals surface area contributed by atoms with Crippen molar-refractivity contribution in [2.24, 2.45) is 0 Å². The summed E-state index contributed by atoms with van der Waals surface area (Å²) < 4.78 is 14.3. The molecule has 1 aliphatic heterocycles. The summed E-state index contributed by atoms with van der Waals surface area (Å²) in [5, 5.41) is 3.33. The van der Waals surface area contributed by atoms with E-state index in [9.17, 15) is 14.0 Å². The number of nitrogens with zero attached hydrogens (tertiary/aromatic N) is 1. The number of benzene rings is 2. The van der Waals surface area contributed by atoms with Gasteiger partial charge in [-0.1, -0.05) is 43.2 Å². The maximum absolute atomic E-state index is 14.3. The molecule has 2 atom stereocenters. The number of fused-ring (bicyclic) bond motifs is 1. The van der Waals surface area contributed by atoms with E-state index in [1.54, 1.807) is 23.9 Å². The van der Waals surface area contributed by atoms with Crippen LogP contribution < -0.4 is 5.32 Å². The molecule has 2 aliphatic carbocycles. The second-order valence-electron chi connectivity index (χ2n) is 8.91. The van der Waals surface area contributed by atoms with E-state index in [4.69, 9.17) is 0 Å². The first kappa shape index (κ1) is 21.3. The molecular weight excluding hydrogens is 423 g/mol. The number of carbonyl (C=O) groups is 2. The lowest BCUT2D eigenvalue weighted by Crippen LogP contribution is -2.50. The number of thioether (sulfide) groups is 1. The van der Waals surface area contributed by atoms with Crippen molar-refractivity contribution in [1.82, 2.24) is 10.2 Å². The van der Waals surface area contributed by atoms with E-state index in [2.05, 4.69) is 5.32 Å². The molecule has 1 heterocycles. The highest BCUT2D eigenvalue weighted by molar-refractivity contribution is 8.04. The summed E-state index contributed by atoms with van der Waals surface area (Å²) in [5.74, 6) is -0.343. The van der Waals surface area contributed by atoms with E-state index in [-0.39, 0.29) is 23.7 Å². The molecule has 2 amide bonds. The predicted molar refractivity (Wildman–Crippen MR) is 125 cm³/mol. The summed E-state index contributed by atoms with van der Waals surface area (Å²) >= 11 is 1.66. The van der Waals surface area contributed by atoms with Crippen LogP contribution in [-0.2, 0) is 11.3 Å². The molecule has 0 aromatic heterocycles. The summed E-state index contributed by atoms with van der Waals surface area (Å²) in [6.07, 6.45) is 8.32. The summed E-state index contributed by atoms with van der Waals surface area (Å²) in [5.41, 5.74) is 2.08. The van der Waals surface area contributed by atoms with Crippen LogP contribution in [0.1, 0.15) is 60.0 Å². The normalized spacial score (nSPS) is 24.3. The Morgan fingerprint density at radius 3 is 2.56 bits per heavy atom. The third kappa shape index (κ3) is 4.60. The van der Waals surface area contributed by atoms with Gasteiger partial charge in [-0.15, -0.1) is 11.8 Å². The molecule has 5 rings (SSSR count). The summed E-state index contributed by atoms with van der Waals surface area (Å²) in [6, 6.07) is 14.6. The quantitative estimate of drug-likeness (QED) is 0.642. The Bertz CT molecular complexity index is 1050. The Labute approximate surface area is 192 Å². The van der Waals surface area contributed by atoms with Crippen LogP contribution in [0.25, 0.3) is 6.08 Å². The average molecular weight is 451 g/mol. The van der Waals surface area contributed by atoms with Crippen molar-refractivity contribution in [3.8, 4) is 0 Å². The Balaban J connectivity index is 1.38. The van der Waals surface area contributed by atoms with E-state index < -0.39 is 0 Å². The Morgan fingerprint density at radius 2 is 1.81 bits per heavy atom. The summed E-state index contributed by atoms with van der Waals surface area (Å²) in [7, 11) is 0. The number of nitrogens with one attached hydrogen (secondary N) is 1. The van der Waals surface area contributed by atoms with Gasteiger partial charge >= 0.3 is 0 Å². The third-order valence-electron chi connectivity index (χ3n) is 6.50. The van der Waals surface area contributed by atoms with Crippen LogP contribution >= 0.6 is 11.8 Å². The molecule has 2 unspecified atom stereocenters. The first-order valence-electron chi connectivity index (χ1n) is 11.4. The lowest BCUT2D eigenvalue weighted by molar-refractivity contribution is -0.130. The molecular formula is C26H27FN2O2S. The van der Waals surface area contributed by atoms with Crippen molar-refractivity contribution >= 4 is 29.7 Å². The molecule has 4 nitrogen and oxygen atoms in total. The zero-order chi connectivity index (χ0) is 22.1. The fourth-order valence-corrected chi connectivity index (χ4v) is 6.02. The Kier molecular flexibility index (Phi) is 6.05. The average Bonchev–Trinajstić information content (AvgIpc) is 3.62. The van der Waals surface area contributed by atoms with Gasteiger partial charge in [-0.05, 0) is 55.5 Å². The fraction of sp³-hybridized carbons (Fsp3) is 0.385. The van der Waals surface area contributed by atoms with Gasteiger partial charge in [0.1, 0.15) is 5.82 Å². The van der Waals surface area contributed by atoms with Crippen LogP contribution in [0.5, 0.6) is 0 Å². The zero-order valence-electron chi connectivity index (χ0n) is 17.9. The molecule has 1 saturated heterocycles. The lowest BCUT2D eigenvalue weighted by Gasteiger charge is -2.44. The maximum atomic E-state index is 14.3. The summed E-state index contributed by atoms with van der Waals surface area (Å²) in [4.78, 5) is 28.3. The highest BCUT2D eigenvalue weighted by Gasteiger charge is 2.40. The SMILES string of the molecule is O=C(NC1CC1)c1ccc(/C=C2\SC3CCCCC3N(Cc3ccccc3F)C2=O)cc1. The van der Waals surface area contributed by atoms with Crippen molar-refractivity contribution in [2.45, 2.75) is 62.4 Å². The molecule has 3 fully saturated rings. The number of amides is 2. The highest BCUT2D eigenvalue weighted by atomic mass is 32.2. The van der Waals surface area contributed by atoms with Crippen LogP contribution in [0.3, 0.4) is 0 Å². The minimum atomic E-state index is -0.267. The predicted octanol–water partition coefficient (Wildman–Crippen LogP) is 5.15. The van der Waals surface area contributed by atoms with Gasteiger partial charge in [-0.3, -0.25) is 9.59 Å². The standard InChI is InChI=1S/C26H27FN2O2S/c27-21-6-2-1-5-19(21)16-29-22-7-3-4-8-23(22)32-24(26(29)31)15-17-9-11-18(12-10-17)25(30)28-20-13-14-20/h1-2,5-6,9-12,15,20,22-23H,3-4,7-8,13-14,16H2,(H,28,30)/b24-15-.